The molecule has 0 aliphatic carbocycles. The van der Waals surface area contributed by atoms with E-state index >= 15 is 0 Å². The third-order valence-electron chi connectivity index (χ3n) is 4.68. The van der Waals surface area contributed by atoms with Crippen LogP contribution in [0.2, 0.25) is 0 Å². The number of amides is 2. The second kappa shape index (κ2) is 10.1. The highest BCUT2D eigenvalue weighted by atomic mass is 16.5. The highest BCUT2D eigenvalue weighted by Crippen LogP contribution is 2.19. The summed E-state index contributed by atoms with van der Waals surface area (Å²) in [6.45, 7) is 7.38. The van der Waals surface area contributed by atoms with Crippen LogP contribution in [-0.2, 0) is 19.1 Å². The van der Waals surface area contributed by atoms with Crippen molar-refractivity contribution < 1.29 is 19.1 Å². The average Bonchev–Trinajstić information content (AvgIpc) is 2.63. The van der Waals surface area contributed by atoms with Crippen LogP contribution in [-0.4, -0.2) is 55.5 Å². The molecule has 1 aliphatic heterocycles. The molecule has 1 aliphatic rings. The smallest absolute Gasteiger partial charge is 0.310 e. The van der Waals surface area contributed by atoms with Crippen molar-refractivity contribution in [1.29, 1.82) is 0 Å². The van der Waals surface area contributed by atoms with E-state index < -0.39 is 0 Å². The molecule has 1 aromatic rings. The quantitative estimate of drug-likeness (QED) is 0.708. The Balaban J connectivity index is 1.77. The Hall–Kier alpha value is -2.41. The number of anilines is 1. The molecule has 0 bridgehead atoms. The van der Waals surface area contributed by atoms with Crippen molar-refractivity contribution in [3.05, 3.63) is 29.3 Å². The Morgan fingerprint density at radius 1 is 1.19 bits per heavy atom. The van der Waals surface area contributed by atoms with E-state index in [2.05, 4.69) is 10.6 Å². The summed E-state index contributed by atoms with van der Waals surface area (Å²) in [5.41, 5.74) is 2.74. The molecular formula is C20H29N3O4. The van der Waals surface area contributed by atoms with Crippen molar-refractivity contribution in [2.75, 3.05) is 38.1 Å². The zero-order valence-electron chi connectivity index (χ0n) is 16.3. The number of nitrogens with zero attached hydrogens (tertiary/aromatic N) is 1. The molecule has 0 unspecified atom stereocenters. The predicted molar refractivity (Wildman–Crippen MR) is 103 cm³/mol. The van der Waals surface area contributed by atoms with Gasteiger partial charge in [0.15, 0.2) is 0 Å². The van der Waals surface area contributed by atoms with Crippen molar-refractivity contribution in [3.8, 4) is 0 Å². The molecule has 0 spiro atoms. The SMILES string of the molecule is CCOC(=O)[C@@H]1CCCN(CC(=O)NCC(=O)Nc2c(C)cccc2C)C1. The summed E-state index contributed by atoms with van der Waals surface area (Å²) in [6.07, 6.45) is 1.64. The molecule has 1 atom stereocenters. The van der Waals surface area contributed by atoms with E-state index in [9.17, 15) is 14.4 Å². The summed E-state index contributed by atoms with van der Waals surface area (Å²) >= 11 is 0. The number of nitrogens with one attached hydrogen (secondary N) is 2. The number of carbonyl (C=O) groups excluding carboxylic acids is 3. The Kier molecular flexibility index (Phi) is 7.79. The molecule has 148 valence electrons. The summed E-state index contributed by atoms with van der Waals surface area (Å²) in [7, 11) is 0. The van der Waals surface area contributed by atoms with Crippen molar-refractivity contribution in [2.45, 2.75) is 33.6 Å². The molecule has 1 saturated heterocycles. The van der Waals surface area contributed by atoms with E-state index in [0.717, 1.165) is 36.2 Å². The summed E-state index contributed by atoms with van der Waals surface area (Å²) in [4.78, 5) is 38.1. The van der Waals surface area contributed by atoms with E-state index in [4.69, 9.17) is 4.74 Å². The largest absolute Gasteiger partial charge is 0.466 e. The third-order valence-corrected chi connectivity index (χ3v) is 4.68. The van der Waals surface area contributed by atoms with E-state index in [1.807, 2.05) is 36.9 Å². The van der Waals surface area contributed by atoms with Crippen LogP contribution >= 0.6 is 0 Å². The molecule has 1 aromatic carbocycles. The zero-order valence-corrected chi connectivity index (χ0v) is 16.3. The second-order valence-corrected chi connectivity index (χ2v) is 6.92. The zero-order chi connectivity index (χ0) is 19.8. The standard InChI is InChI=1S/C20H29N3O4/c1-4-27-20(26)16-9-6-10-23(12-16)13-18(25)21-11-17(24)22-19-14(2)7-5-8-15(19)3/h5,7-8,16H,4,6,9-13H2,1-3H3,(H,21,25)(H,22,24)/t16-/m1/s1. The Morgan fingerprint density at radius 2 is 1.89 bits per heavy atom. The lowest BCUT2D eigenvalue weighted by Crippen LogP contribution is -2.45. The van der Waals surface area contributed by atoms with Gasteiger partial charge in [-0.3, -0.25) is 19.3 Å². The summed E-state index contributed by atoms with van der Waals surface area (Å²) < 4.78 is 5.07. The van der Waals surface area contributed by atoms with Crippen LogP contribution < -0.4 is 10.6 Å². The van der Waals surface area contributed by atoms with Crippen LogP contribution in [0.1, 0.15) is 30.9 Å². The number of piperidine rings is 1. The lowest BCUT2D eigenvalue weighted by Gasteiger charge is -2.30. The first-order valence-corrected chi connectivity index (χ1v) is 9.42. The molecule has 0 radical (unpaired) electrons. The van der Waals surface area contributed by atoms with Gasteiger partial charge in [-0.2, -0.15) is 0 Å². The van der Waals surface area contributed by atoms with E-state index in [0.29, 0.717) is 13.2 Å². The number of hydrogen-bond donors (Lipinski definition) is 2. The molecule has 7 heteroatoms. The summed E-state index contributed by atoms with van der Waals surface area (Å²) in [5.74, 6) is -0.866. The highest BCUT2D eigenvalue weighted by Gasteiger charge is 2.27. The maximum atomic E-state index is 12.2. The molecule has 2 N–H and O–H groups in total. The number of hydrogen-bond acceptors (Lipinski definition) is 5. The predicted octanol–water partition coefficient (Wildman–Crippen LogP) is 1.63. The number of benzene rings is 1. The van der Waals surface area contributed by atoms with Crippen molar-refractivity contribution in [1.82, 2.24) is 10.2 Å². The topological polar surface area (TPSA) is 87.7 Å². The van der Waals surface area contributed by atoms with Gasteiger partial charge in [0.2, 0.25) is 11.8 Å². The number of likely N-dealkylation sites (tertiary alicyclic amines) is 1. The van der Waals surface area contributed by atoms with Crippen molar-refractivity contribution >= 4 is 23.5 Å². The molecule has 1 heterocycles. The van der Waals surface area contributed by atoms with Gasteiger partial charge in [0.25, 0.3) is 0 Å². The fraction of sp³-hybridized carbons (Fsp3) is 0.550. The minimum Gasteiger partial charge on any atom is -0.466 e. The van der Waals surface area contributed by atoms with Gasteiger partial charge in [0.05, 0.1) is 25.6 Å². The fourth-order valence-corrected chi connectivity index (χ4v) is 3.28. The first-order valence-electron chi connectivity index (χ1n) is 9.42. The van der Waals surface area contributed by atoms with Crippen LogP contribution in [0.15, 0.2) is 18.2 Å². The van der Waals surface area contributed by atoms with Crippen LogP contribution in [0.3, 0.4) is 0 Å². The number of aryl methyl sites for hydroxylation is 2. The lowest BCUT2D eigenvalue weighted by atomic mass is 9.98. The maximum Gasteiger partial charge on any atom is 0.310 e. The van der Waals surface area contributed by atoms with Gasteiger partial charge < -0.3 is 15.4 Å². The van der Waals surface area contributed by atoms with Crippen LogP contribution in [0, 0.1) is 19.8 Å². The maximum absolute atomic E-state index is 12.2. The molecular weight excluding hydrogens is 346 g/mol. The van der Waals surface area contributed by atoms with Gasteiger partial charge >= 0.3 is 5.97 Å². The van der Waals surface area contributed by atoms with Gasteiger partial charge in [0, 0.05) is 12.2 Å². The van der Waals surface area contributed by atoms with Gasteiger partial charge in [-0.15, -0.1) is 0 Å². The normalized spacial score (nSPS) is 17.2. The molecule has 7 nitrogen and oxygen atoms in total. The van der Waals surface area contributed by atoms with E-state index in [-0.39, 0.29) is 36.8 Å². The van der Waals surface area contributed by atoms with Gasteiger partial charge in [-0.1, -0.05) is 18.2 Å². The molecule has 1 fully saturated rings. The van der Waals surface area contributed by atoms with Crippen molar-refractivity contribution in [2.24, 2.45) is 5.92 Å². The van der Waals surface area contributed by atoms with Gasteiger partial charge in [-0.25, -0.2) is 0 Å². The number of para-hydroxylation sites is 1. The van der Waals surface area contributed by atoms with Crippen molar-refractivity contribution in [3.63, 3.8) is 0 Å². The average molecular weight is 375 g/mol. The molecule has 0 aromatic heterocycles. The fourth-order valence-electron chi connectivity index (χ4n) is 3.28. The number of rotatable bonds is 7. The monoisotopic (exact) mass is 375 g/mol. The van der Waals surface area contributed by atoms with Crippen LogP contribution in [0.25, 0.3) is 0 Å². The Labute approximate surface area is 160 Å². The van der Waals surface area contributed by atoms with E-state index in [1.54, 1.807) is 6.92 Å². The molecule has 2 amide bonds. The van der Waals surface area contributed by atoms with Crippen LogP contribution in [0.4, 0.5) is 5.69 Å². The van der Waals surface area contributed by atoms with E-state index in [1.165, 1.54) is 0 Å². The first kappa shape index (κ1) is 20.9. The molecule has 2 rings (SSSR count). The Bertz CT molecular complexity index is 670. The number of ether oxygens (including phenoxy) is 1. The highest BCUT2D eigenvalue weighted by molar-refractivity contribution is 5.95. The lowest BCUT2D eigenvalue weighted by molar-refractivity contribution is -0.150. The number of esters is 1. The minimum absolute atomic E-state index is 0.0816. The molecule has 0 saturated carbocycles. The van der Waals surface area contributed by atoms with Crippen LogP contribution in [0.5, 0.6) is 0 Å². The van der Waals surface area contributed by atoms with Gasteiger partial charge in [-0.05, 0) is 51.3 Å². The summed E-state index contributed by atoms with van der Waals surface area (Å²) in [6, 6.07) is 5.79. The minimum atomic E-state index is -0.260. The van der Waals surface area contributed by atoms with Gasteiger partial charge in [0.1, 0.15) is 0 Å². The first-order chi connectivity index (χ1) is 12.9. The Morgan fingerprint density at radius 3 is 2.56 bits per heavy atom. The third kappa shape index (κ3) is 6.36. The second-order valence-electron chi connectivity index (χ2n) is 6.92. The molecule has 27 heavy (non-hydrogen) atoms. The number of carbonyl (C=O) groups is 3. The summed E-state index contributed by atoms with van der Waals surface area (Å²) in [5, 5.41) is 5.49.